The van der Waals surface area contributed by atoms with Crippen molar-refractivity contribution in [3.8, 4) is 22.3 Å². The highest BCUT2D eigenvalue weighted by Gasteiger charge is 2.12. The lowest BCUT2D eigenvalue weighted by Crippen LogP contribution is -2.02. The molecule has 152 valence electrons. The van der Waals surface area contributed by atoms with Crippen LogP contribution in [0, 0.1) is 27.7 Å². The Morgan fingerprint density at radius 2 is 0.935 bits per heavy atom. The summed E-state index contributed by atoms with van der Waals surface area (Å²) in [6, 6.07) is 25.3. The second kappa shape index (κ2) is 7.47. The average molecular weight is 421 g/mol. The standard InChI is InChI=1S/C29H24OS/c1-17-7-5-8-18(2)27(17)21-11-13-25-23(15-21)29(30)24-16-22(12-14-26(24)31-25)28-19(3)9-6-10-20(28)4/h5-16H,1-4H3. The topological polar surface area (TPSA) is 17.1 Å². The molecular weight excluding hydrogens is 396 g/mol. The predicted octanol–water partition coefficient (Wildman–Crippen LogP) is 7.98. The van der Waals surface area contributed by atoms with E-state index in [0.29, 0.717) is 0 Å². The number of aryl methyl sites for hydroxylation is 4. The molecule has 5 aromatic rings. The second-order valence-electron chi connectivity index (χ2n) is 8.39. The van der Waals surface area contributed by atoms with Crippen molar-refractivity contribution in [1.82, 2.24) is 0 Å². The fraction of sp³-hybridized carbons (Fsp3) is 0.138. The summed E-state index contributed by atoms with van der Waals surface area (Å²) in [7, 11) is 0. The van der Waals surface area contributed by atoms with Gasteiger partial charge in [0.25, 0.3) is 0 Å². The lowest BCUT2D eigenvalue weighted by atomic mass is 9.94. The molecule has 2 heteroatoms. The van der Waals surface area contributed by atoms with E-state index >= 15 is 0 Å². The molecule has 0 atom stereocenters. The minimum absolute atomic E-state index is 0.116. The summed E-state index contributed by atoms with van der Waals surface area (Å²) >= 11 is 1.69. The van der Waals surface area contributed by atoms with Gasteiger partial charge in [-0.15, -0.1) is 11.3 Å². The Morgan fingerprint density at radius 3 is 1.32 bits per heavy atom. The Hall–Kier alpha value is -3.23. The molecule has 0 bridgehead atoms. The van der Waals surface area contributed by atoms with Crippen molar-refractivity contribution < 1.29 is 0 Å². The van der Waals surface area contributed by atoms with Crippen molar-refractivity contribution in [3.05, 3.63) is 105 Å². The minimum atomic E-state index is 0.116. The van der Waals surface area contributed by atoms with Gasteiger partial charge in [-0.1, -0.05) is 48.5 Å². The van der Waals surface area contributed by atoms with E-state index in [4.69, 9.17) is 0 Å². The SMILES string of the molecule is Cc1cccc(C)c1-c1ccc2sc3ccc(-c4c(C)cccc4C)cc3c(=O)c2c1. The summed E-state index contributed by atoms with van der Waals surface area (Å²) < 4.78 is 2.07. The molecule has 0 fully saturated rings. The Kier molecular flexibility index (Phi) is 4.75. The van der Waals surface area contributed by atoms with Crippen LogP contribution < -0.4 is 5.43 Å². The molecule has 0 N–H and O–H groups in total. The molecule has 0 aliphatic carbocycles. The third kappa shape index (κ3) is 3.28. The summed E-state index contributed by atoms with van der Waals surface area (Å²) in [6.07, 6.45) is 0. The Morgan fingerprint density at radius 1 is 0.548 bits per heavy atom. The van der Waals surface area contributed by atoms with Gasteiger partial charge in [0.1, 0.15) is 0 Å². The number of benzene rings is 4. The highest BCUT2D eigenvalue weighted by molar-refractivity contribution is 7.24. The van der Waals surface area contributed by atoms with Crippen LogP contribution in [0.3, 0.4) is 0 Å². The molecule has 0 saturated carbocycles. The van der Waals surface area contributed by atoms with Gasteiger partial charge >= 0.3 is 0 Å². The van der Waals surface area contributed by atoms with Crippen molar-refractivity contribution in [2.75, 3.05) is 0 Å². The van der Waals surface area contributed by atoms with Crippen LogP contribution >= 0.6 is 11.3 Å². The van der Waals surface area contributed by atoms with Gasteiger partial charge in [-0.05, 0) is 96.5 Å². The smallest absolute Gasteiger partial charge is 0.195 e. The third-order valence-electron chi connectivity index (χ3n) is 6.21. The summed E-state index contributed by atoms with van der Waals surface area (Å²) in [5, 5.41) is 1.60. The molecule has 5 rings (SSSR count). The molecule has 1 nitrogen and oxygen atoms in total. The lowest BCUT2D eigenvalue weighted by Gasteiger charge is -2.12. The predicted molar refractivity (Wildman–Crippen MR) is 135 cm³/mol. The molecular formula is C29H24OS. The number of hydrogen-bond donors (Lipinski definition) is 0. The molecule has 31 heavy (non-hydrogen) atoms. The highest BCUT2D eigenvalue weighted by atomic mass is 32.1. The van der Waals surface area contributed by atoms with E-state index in [-0.39, 0.29) is 5.43 Å². The second-order valence-corrected chi connectivity index (χ2v) is 9.47. The van der Waals surface area contributed by atoms with Crippen molar-refractivity contribution in [3.63, 3.8) is 0 Å². The van der Waals surface area contributed by atoms with Gasteiger partial charge < -0.3 is 0 Å². The van der Waals surface area contributed by atoms with Crippen molar-refractivity contribution >= 4 is 31.5 Å². The quantitative estimate of drug-likeness (QED) is 0.265. The van der Waals surface area contributed by atoms with Gasteiger partial charge in [0, 0.05) is 20.2 Å². The maximum atomic E-state index is 13.6. The largest absolute Gasteiger partial charge is 0.289 e. The summed E-state index contributed by atoms with van der Waals surface area (Å²) in [5.74, 6) is 0. The third-order valence-corrected chi connectivity index (χ3v) is 7.36. The zero-order chi connectivity index (χ0) is 21.7. The van der Waals surface area contributed by atoms with Crippen molar-refractivity contribution in [1.29, 1.82) is 0 Å². The average Bonchev–Trinajstić information content (AvgIpc) is 2.74. The van der Waals surface area contributed by atoms with Crippen molar-refractivity contribution in [2.45, 2.75) is 27.7 Å². The number of hydrogen-bond acceptors (Lipinski definition) is 2. The molecule has 0 unspecified atom stereocenters. The lowest BCUT2D eigenvalue weighted by molar-refractivity contribution is 1.38. The Labute approximate surface area is 186 Å². The van der Waals surface area contributed by atoms with Crippen LogP contribution in [-0.2, 0) is 0 Å². The summed E-state index contributed by atoms with van der Waals surface area (Å²) in [4.78, 5) is 13.6. The van der Waals surface area contributed by atoms with Crippen LogP contribution in [0.25, 0.3) is 42.4 Å². The number of rotatable bonds is 2. The van der Waals surface area contributed by atoms with Gasteiger partial charge in [-0.25, -0.2) is 0 Å². The molecule has 0 aliphatic rings. The fourth-order valence-electron chi connectivity index (χ4n) is 4.71. The Bertz CT molecular complexity index is 1390. The van der Waals surface area contributed by atoms with Crippen LogP contribution in [0.15, 0.2) is 77.6 Å². The van der Waals surface area contributed by atoms with Crippen LogP contribution in [0.2, 0.25) is 0 Å². The van der Waals surface area contributed by atoms with Crippen LogP contribution in [0.1, 0.15) is 22.3 Å². The molecule has 0 spiro atoms. The molecule has 0 saturated heterocycles. The normalized spacial score (nSPS) is 11.4. The first-order valence-electron chi connectivity index (χ1n) is 10.6. The first kappa shape index (κ1) is 19.7. The highest BCUT2D eigenvalue weighted by Crippen LogP contribution is 2.34. The van der Waals surface area contributed by atoms with E-state index in [2.05, 4.69) is 100 Å². The minimum Gasteiger partial charge on any atom is -0.289 e. The van der Waals surface area contributed by atoms with Crippen molar-refractivity contribution in [2.24, 2.45) is 0 Å². The zero-order valence-corrected chi connectivity index (χ0v) is 19.1. The molecule has 1 aromatic heterocycles. The van der Waals surface area contributed by atoms with E-state index in [1.54, 1.807) is 11.3 Å². The van der Waals surface area contributed by atoms with E-state index in [1.165, 1.54) is 33.4 Å². The van der Waals surface area contributed by atoms with Gasteiger partial charge in [0.15, 0.2) is 5.43 Å². The molecule has 4 aromatic carbocycles. The monoisotopic (exact) mass is 420 g/mol. The van der Waals surface area contributed by atoms with E-state index in [0.717, 1.165) is 31.3 Å². The zero-order valence-electron chi connectivity index (χ0n) is 18.2. The van der Waals surface area contributed by atoms with Gasteiger partial charge in [-0.2, -0.15) is 0 Å². The Balaban J connectivity index is 1.77. The van der Waals surface area contributed by atoms with Gasteiger partial charge in [-0.3, -0.25) is 4.79 Å². The molecule has 0 amide bonds. The van der Waals surface area contributed by atoms with Crippen LogP contribution in [0.4, 0.5) is 0 Å². The summed E-state index contributed by atoms with van der Waals surface area (Å²) in [6.45, 7) is 8.52. The summed E-state index contributed by atoms with van der Waals surface area (Å²) in [5.41, 5.74) is 9.70. The molecule has 1 heterocycles. The molecule has 0 aliphatic heterocycles. The first-order chi connectivity index (χ1) is 14.9. The number of fused-ring (bicyclic) bond motifs is 2. The van der Waals surface area contributed by atoms with Gasteiger partial charge in [0.2, 0.25) is 0 Å². The van der Waals surface area contributed by atoms with Crippen LogP contribution in [0.5, 0.6) is 0 Å². The van der Waals surface area contributed by atoms with E-state index in [9.17, 15) is 4.79 Å². The van der Waals surface area contributed by atoms with Gasteiger partial charge in [0.05, 0.1) is 0 Å². The molecule has 0 radical (unpaired) electrons. The van der Waals surface area contributed by atoms with E-state index < -0.39 is 0 Å². The maximum absolute atomic E-state index is 13.6. The van der Waals surface area contributed by atoms with E-state index in [1.807, 2.05) is 0 Å². The maximum Gasteiger partial charge on any atom is 0.195 e. The fourth-order valence-corrected chi connectivity index (χ4v) is 5.74. The first-order valence-corrected chi connectivity index (χ1v) is 11.4. The van der Waals surface area contributed by atoms with Crippen LogP contribution in [-0.4, -0.2) is 0 Å².